The maximum Gasteiger partial charge on any atom is 0.0755 e. The normalized spacial score (nSPS) is 26.8. The van der Waals surface area contributed by atoms with E-state index in [1.54, 1.807) is 7.11 Å². The van der Waals surface area contributed by atoms with Gasteiger partial charge in [0.15, 0.2) is 0 Å². The minimum Gasteiger partial charge on any atom is -0.383 e. The van der Waals surface area contributed by atoms with Gasteiger partial charge in [-0.15, -0.1) is 0 Å². The Bertz CT molecular complexity index is 480. The molecule has 122 valence electrons. The molecule has 2 aliphatic heterocycles. The van der Waals surface area contributed by atoms with Crippen LogP contribution in [0, 0.1) is 6.92 Å². The first-order chi connectivity index (χ1) is 10.8. The van der Waals surface area contributed by atoms with Crippen molar-refractivity contribution in [3.05, 3.63) is 35.4 Å². The van der Waals surface area contributed by atoms with E-state index in [0.717, 1.165) is 52.4 Å². The first-order valence-corrected chi connectivity index (χ1v) is 8.39. The van der Waals surface area contributed by atoms with Gasteiger partial charge >= 0.3 is 0 Å². The zero-order chi connectivity index (χ0) is 15.4. The molecule has 2 heterocycles. The van der Waals surface area contributed by atoms with E-state index in [1.807, 2.05) is 0 Å². The van der Waals surface area contributed by atoms with E-state index >= 15 is 0 Å². The lowest BCUT2D eigenvalue weighted by Crippen LogP contribution is -2.60. The van der Waals surface area contributed by atoms with Crippen molar-refractivity contribution in [3.8, 4) is 0 Å². The number of aryl methyl sites for hydroxylation is 1. The highest BCUT2D eigenvalue weighted by molar-refractivity contribution is 5.25. The quantitative estimate of drug-likeness (QED) is 0.830. The number of morpholine rings is 1. The highest BCUT2D eigenvalue weighted by atomic mass is 16.5. The number of benzene rings is 1. The Balaban J connectivity index is 1.63. The van der Waals surface area contributed by atoms with Crippen LogP contribution in [0.5, 0.6) is 0 Å². The van der Waals surface area contributed by atoms with Gasteiger partial charge in [-0.2, -0.15) is 0 Å². The molecule has 0 N–H and O–H groups in total. The van der Waals surface area contributed by atoms with Crippen molar-refractivity contribution in [1.29, 1.82) is 0 Å². The molecule has 0 spiro atoms. The molecule has 0 saturated carbocycles. The monoisotopic (exact) mass is 304 g/mol. The van der Waals surface area contributed by atoms with Crippen molar-refractivity contribution < 1.29 is 9.47 Å². The topological polar surface area (TPSA) is 24.9 Å². The van der Waals surface area contributed by atoms with Crippen molar-refractivity contribution >= 4 is 0 Å². The fourth-order valence-electron chi connectivity index (χ4n) is 3.67. The maximum absolute atomic E-state index is 6.01. The van der Waals surface area contributed by atoms with E-state index in [2.05, 4.69) is 41.0 Å². The van der Waals surface area contributed by atoms with Crippen LogP contribution < -0.4 is 0 Å². The van der Waals surface area contributed by atoms with Gasteiger partial charge < -0.3 is 9.47 Å². The molecule has 2 atom stereocenters. The summed E-state index contributed by atoms with van der Waals surface area (Å²) in [5, 5.41) is 0. The minimum atomic E-state index is 0.402. The summed E-state index contributed by atoms with van der Waals surface area (Å²) >= 11 is 0. The van der Waals surface area contributed by atoms with Gasteiger partial charge in [0, 0.05) is 45.9 Å². The van der Waals surface area contributed by atoms with Gasteiger partial charge in [-0.25, -0.2) is 0 Å². The summed E-state index contributed by atoms with van der Waals surface area (Å²) in [7, 11) is 1.78. The van der Waals surface area contributed by atoms with Crippen LogP contribution in [-0.4, -0.2) is 68.4 Å². The van der Waals surface area contributed by atoms with Crippen LogP contribution in [0.3, 0.4) is 0 Å². The van der Waals surface area contributed by atoms with Gasteiger partial charge in [0.1, 0.15) is 0 Å². The first-order valence-electron chi connectivity index (χ1n) is 8.39. The molecular weight excluding hydrogens is 276 g/mol. The van der Waals surface area contributed by atoms with Crippen LogP contribution in [0.2, 0.25) is 0 Å². The first kappa shape index (κ1) is 15.9. The van der Waals surface area contributed by atoms with Gasteiger partial charge in [-0.05, 0) is 24.5 Å². The predicted molar refractivity (Wildman–Crippen MR) is 88.1 cm³/mol. The molecule has 2 saturated heterocycles. The Morgan fingerprint density at radius 3 is 2.95 bits per heavy atom. The summed E-state index contributed by atoms with van der Waals surface area (Å²) in [6, 6.07) is 9.23. The fourth-order valence-corrected chi connectivity index (χ4v) is 3.67. The summed E-state index contributed by atoms with van der Waals surface area (Å²) in [6.45, 7) is 9.20. The van der Waals surface area contributed by atoms with Crippen LogP contribution in [0.15, 0.2) is 24.3 Å². The average Bonchev–Trinajstić information content (AvgIpc) is 2.55. The van der Waals surface area contributed by atoms with Crippen LogP contribution in [0.4, 0.5) is 0 Å². The molecule has 0 unspecified atom stereocenters. The second kappa shape index (κ2) is 7.55. The Morgan fingerprint density at radius 1 is 1.27 bits per heavy atom. The molecule has 2 aliphatic rings. The molecular formula is C18H28N2O2. The zero-order valence-electron chi connectivity index (χ0n) is 13.8. The van der Waals surface area contributed by atoms with Gasteiger partial charge in [-0.3, -0.25) is 9.80 Å². The Morgan fingerprint density at radius 2 is 2.14 bits per heavy atom. The van der Waals surface area contributed by atoms with E-state index in [9.17, 15) is 0 Å². The number of rotatable bonds is 5. The summed E-state index contributed by atoms with van der Waals surface area (Å²) in [5.74, 6) is 0. The number of hydrogen-bond acceptors (Lipinski definition) is 4. The second-order valence-corrected chi connectivity index (χ2v) is 6.46. The molecule has 0 radical (unpaired) electrons. The number of piperidine rings is 1. The number of fused-ring (bicyclic) bond motifs is 1. The number of nitrogens with zero attached hydrogens (tertiary/aromatic N) is 2. The molecule has 0 aliphatic carbocycles. The number of methoxy groups -OCH3 is 1. The van der Waals surface area contributed by atoms with Crippen LogP contribution in [-0.2, 0) is 16.0 Å². The Hall–Kier alpha value is -0.940. The lowest BCUT2D eigenvalue weighted by molar-refractivity contribution is -0.107. The lowest BCUT2D eigenvalue weighted by atomic mass is 9.97. The molecule has 0 aromatic heterocycles. The van der Waals surface area contributed by atoms with Gasteiger partial charge in [0.25, 0.3) is 0 Å². The second-order valence-electron chi connectivity index (χ2n) is 6.46. The molecule has 22 heavy (non-hydrogen) atoms. The summed E-state index contributed by atoms with van der Waals surface area (Å²) < 4.78 is 11.3. The van der Waals surface area contributed by atoms with Crippen molar-refractivity contribution in [1.82, 2.24) is 9.80 Å². The highest BCUT2D eigenvalue weighted by Gasteiger charge is 2.36. The molecule has 0 bridgehead atoms. The van der Waals surface area contributed by atoms with E-state index < -0.39 is 0 Å². The summed E-state index contributed by atoms with van der Waals surface area (Å²) in [5.41, 5.74) is 2.84. The Kier molecular flexibility index (Phi) is 5.47. The minimum absolute atomic E-state index is 0.402. The fraction of sp³-hybridized carbons (Fsp3) is 0.667. The third-order valence-electron chi connectivity index (χ3n) is 5.02. The van der Waals surface area contributed by atoms with E-state index in [-0.39, 0.29) is 0 Å². The highest BCUT2D eigenvalue weighted by Crippen LogP contribution is 2.24. The van der Waals surface area contributed by atoms with Gasteiger partial charge in [0.2, 0.25) is 0 Å². The average molecular weight is 304 g/mol. The molecule has 0 amide bonds. The van der Waals surface area contributed by atoms with Crippen molar-refractivity contribution in [2.24, 2.45) is 0 Å². The van der Waals surface area contributed by atoms with E-state index in [0.29, 0.717) is 12.1 Å². The molecule has 4 heteroatoms. The third kappa shape index (κ3) is 3.69. The Labute approximate surface area is 134 Å². The van der Waals surface area contributed by atoms with E-state index in [1.165, 1.54) is 11.1 Å². The van der Waals surface area contributed by atoms with Gasteiger partial charge in [-0.1, -0.05) is 24.3 Å². The lowest BCUT2D eigenvalue weighted by Gasteiger charge is -2.47. The molecule has 1 aromatic carbocycles. The largest absolute Gasteiger partial charge is 0.383 e. The molecule has 4 nitrogen and oxygen atoms in total. The standard InChI is InChI=1S/C18H28N2O2/c1-15-5-3-4-6-16(15)13-19-8-7-18-17(14-19)20(9-11-21-2)10-12-22-18/h3-6,17-18H,7-14H2,1-2H3/t17-,18-/m0/s1. The number of likely N-dealkylation sites (tertiary alicyclic amines) is 1. The number of hydrogen-bond donors (Lipinski definition) is 0. The number of ether oxygens (including phenoxy) is 2. The van der Waals surface area contributed by atoms with Crippen molar-refractivity contribution in [3.63, 3.8) is 0 Å². The smallest absolute Gasteiger partial charge is 0.0755 e. The van der Waals surface area contributed by atoms with Crippen LogP contribution in [0.1, 0.15) is 17.5 Å². The van der Waals surface area contributed by atoms with Crippen molar-refractivity contribution in [2.45, 2.75) is 32.0 Å². The molecule has 2 fully saturated rings. The van der Waals surface area contributed by atoms with E-state index in [4.69, 9.17) is 9.47 Å². The molecule has 1 aromatic rings. The van der Waals surface area contributed by atoms with Crippen LogP contribution in [0.25, 0.3) is 0 Å². The van der Waals surface area contributed by atoms with Crippen LogP contribution >= 0.6 is 0 Å². The SMILES string of the molecule is COCCN1CCO[C@H]2CCN(Cc3ccccc3C)C[C@@H]21. The predicted octanol–water partition coefficient (Wildman–Crippen LogP) is 1.92. The maximum atomic E-state index is 6.01. The third-order valence-corrected chi connectivity index (χ3v) is 5.02. The zero-order valence-corrected chi connectivity index (χ0v) is 13.8. The van der Waals surface area contributed by atoms with Gasteiger partial charge in [0.05, 0.1) is 19.3 Å². The van der Waals surface area contributed by atoms with Crippen molar-refractivity contribution in [2.75, 3.05) is 46.5 Å². The summed E-state index contributed by atoms with van der Waals surface area (Å²) in [6.07, 6.45) is 1.54. The summed E-state index contributed by atoms with van der Waals surface area (Å²) in [4.78, 5) is 5.14. The molecule has 3 rings (SSSR count).